The van der Waals surface area contributed by atoms with Gasteiger partial charge in [0.1, 0.15) is 23.2 Å². The van der Waals surface area contributed by atoms with Crippen LogP contribution in [0.25, 0.3) is 33.2 Å². The van der Waals surface area contributed by atoms with E-state index in [1.807, 2.05) is 61.9 Å². The summed E-state index contributed by atoms with van der Waals surface area (Å²) in [6.45, 7) is 20.4. The third kappa shape index (κ3) is 13.0. The maximum Gasteiger partial charge on any atom is 0.410 e. The lowest BCUT2D eigenvalue weighted by Gasteiger charge is -2.36. The molecule has 0 radical (unpaired) electrons. The first kappa shape index (κ1) is 53.0. The number of hydrogen-bond acceptors (Lipinski definition) is 12. The van der Waals surface area contributed by atoms with Crippen LogP contribution in [-0.4, -0.2) is 116 Å². The Morgan fingerprint density at radius 3 is 2.13 bits per heavy atom. The fourth-order valence-electron chi connectivity index (χ4n) is 8.34. The predicted octanol–water partition coefficient (Wildman–Crippen LogP) is 9.70. The molecule has 4 aromatic carbocycles. The van der Waals surface area contributed by atoms with Gasteiger partial charge in [-0.05, 0) is 135 Å². The van der Waals surface area contributed by atoms with E-state index in [1.54, 1.807) is 24.5 Å². The van der Waals surface area contributed by atoms with Crippen LogP contribution >= 0.6 is 12.4 Å². The van der Waals surface area contributed by atoms with Gasteiger partial charge >= 0.3 is 6.09 Å². The molecule has 4 N–H and O–H groups in total. The molecule has 4 aliphatic heterocycles. The summed E-state index contributed by atoms with van der Waals surface area (Å²) in [6.07, 6.45) is 4.60. The zero-order chi connectivity index (χ0) is 49.8. The number of nitrogens with one attached hydrogen (secondary N) is 3. The van der Waals surface area contributed by atoms with Gasteiger partial charge in [0.25, 0.3) is 11.8 Å². The number of hydrogen-bond donors (Lipinski definition) is 4. The van der Waals surface area contributed by atoms with Crippen molar-refractivity contribution in [2.75, 3.05) is 56.6 Å². The summed E-state index contributed by atoms with van der Waals surface area (Å²) in [6, 6.07) is 23.2. The van der Waals surface area contributed by atoms with Crippen LogP contribution in [-0.2, 0) is 35.1 Å². The number of benzene rings is 4. The van der Waals surface area contributed by atoms with Crippen LogP contribution in [0.1, 0.15) is 78.2 Å². The number of nitrogens with zero attached hydrogens (tertiary/aromatic N) is 4. The first-order valence-corrected chi connectivity index (χ1v) is 27.1. The van der Waals surface area contributed by atoms with E-state index < -0.39 is 32.2 Å². The van der Waals surface area contributed by atoms with Gasteiger partial charge in [0.15, 0.2) is 12.3 Å². The van der Waals surface area contributed by atoms with Crippen molar-refractivity contribution < 1.29 is 42.9 Å². The number of aliphatic imine (C=N–C) groups is 1. The minimum absolute atomic E-state index is 0. The number of rotatable bonds is 9. The Morgan fingerprint density at radius 2 is 1.46 bits per heavy atom. The Hall–Kier alpha value is -5.82. The van der Waals surface area contributed by atoms with E-state index in [0.717, 1.165) is 81.5 Å². The quantitative estimate of drug-likeness (QED) is 0.103. The summed E-state index contributed by atoms with van der Waals surface area (Å²) in [7, 11) is -1.98. The number of amides is 3. The molecule has 3 amide bonds. The third-order valence-electron chi connectivity index (χ3n) is 13.2. The molecule has 1 unspecified atom stereocenters. The zero-order valence-corrected chi connectivity index (χ0v) is 43.8. The third-order valence-corrected chi connectivity index (χ3v) is 17.6. The van der Waals surface area contributed by atoms with Crippen LogP contribution in [0.2, 0.25) is 18.1 Å². The van der Waals surface area contributed by atoms with Gasteiger partial charge in [-0.1, -0.05) is 45.0 Å². The molecule has 5 aromatic rings. The molecule has 0 spiro atoms. The first-order valence-electron chi connectivity index (χ1n) is 24.2. The van der Waals surface area contributed by atoms with Crippen molar-refractivity contribution in [2.24, 2.45) is 4.99 Å². The van der Waals surface area contributed by atoms with Crippen molar-refractivity contribution >= 4 is 67.1 Å². The highest BCUT2D eigenvalue weighted by atomic mass is 35.5. The van der Waals surface area contributed by atoms with Gasteiger partial charge < -0.3 is 49.3 Å². The van der Waals surface area contributed by atoms with Crippen LogP contribution in [0.5, 0.6) is 11.5 Å². The molecule has 16 nitrogen and oxygen atoms in total. The Morgan fingerprint density at radius 1 is 0.803 bits per heavy atom. The molecule has 380 valence electrons. The minimum Gasteiger partial charge on any atom is -0.544 e. The number of carbonyl (C=O) groups is 3. The first-order chi connectivity index (χ1) is 33.3. The van der Waals surface area contributed by atoms with Crippen molar-refractivity contribution in [2.45, 2.75) is 110 Å². The summed E-state index contributed by atoms with van der Waals surface area (Å²) < 4.78 is 31.4. The Bertz CT molecular complexity index is 2700. The number of aromatic hydroxyl groups is 1. The van der Waals surface area contributed by atoms with E-state index in [2.05, 4.69) is 79.1 Å². The molecule has 0 aliphatic carbocycles. The van der Waals surface area contributed by atoms with Crippen LogP contribution in [0.3, 0.4) is 0 Å². The van der Waals surface area contributed by atoms with E-state index in [-0.39, 0.29) is 54.4 Å². The second-order valence-electron chi connectivity index (χ2n) is 20.7. The summed E-state index contributed by atoms with van der Waals surface area (Å²) >= 11 is 0. The molecular weight excluding hydrogens is 942 g/mol. The SMILES string of the molecule is CC(C)(C)OC(=O)N1CCO[C@@H](C(=O)Nc2cc(-c3ccc(O[Si](C)(C)C(C)(C)C)cc3)cc3c2cnn3C2CCCCO2)C1.Cl.O=C(Nc1cc(-c2ccc(O)cc2)cc2c1C=NC2)[C@H]1CNCCO1. The molecule has 9 rings (SSSR count). The zero-order valence-electron chi connectivity index (χ0n) is 42.0. The van der Waals surface area contributed by atoms with E-state index in [4.69, 9.17) is 28.5 Å². The molecule has 3 fully saturated rings. The monoisotopic (exact) mass is 1010 g/mol. The molecule has 3 atom stereocenters. The van der Waals surface area contributed by atoms with E-state index >= 15 is 0 Å². The number of ether oxygens (including phenoxy) is 4. The smallest absolute Gasteiger partial charge is 0.410 e. The number of phenolic OH excluding ortho intramolecular Hbond substituents is 1. The van der Waals surface area contributed by atoms with E-state index in [9.17, 15) is 19.5 Å². The van der Waals surface area contributed by atoms with Gasteiger partial charge in [0.2, 0.25) is 8.32 Å². The second kappa shape index (κ2) is 22.3. The van der Waals surface area contributed by atoms with Gasteiger partial charge in [-0.25, -0.2) is 9.48 Å². The van der Waals surface area contributed by atoms with E-state index in [1.165, 1.54) is 4.90 Å². The van der Waals surface area contributed by atoms with Crippen LogP contribution in [0, 0.1) is 0 Å². The van der Waals surface area contributed by atoms with Crippen molar-refractivity contribution in [3.63, 3.8) is 0 Å². The Balaban J connectivity index is 0.000000240. The number of fused-ring (bicyclic) bond motifs is 2. The fourth-order valence-corrected chi connectivity index (χ4v) is 9.37. The standard InChI is InChI=1S/C34H48N4O6Si.C19H19N3O3.ClH/c1-33(2,3)43-32(40)37-16-18-41-29(22-37)31(39)36-27-19-24(20-28-26(27)21-35-38(28)30-11-9-10-17-42-30)23-12-14-25(15-13-23)44-45(7,8)34(4,5)6;23-15-3-1-12(2-4-15)13-7-14-9-21-10-16(14)17(8-13)22-19(24)18-11-20-5-6-25-18;/h12-15,19-21,29-30H,9-11,16-18,22H2,1-8H3,(H,36,39);1-4,7-8,10,18,20,23H,5-6,9,11H2,(H,22,24);1H/t29-,30?;18-;/m11./s1. The molecule has 4 aliphatic rings. The lowest BCUT2D eigenvalue weighted by molar-refractivity contribution is -0.132. The average Bonchev–Trinajstić information content (AvgIpc) is 4.00. The number of aromatic nitrogens is 2. The van der Waals surface area contributed by atoms with Crippen LogP contribution in [0.4, 0.5) is 16.2 Å². The Kier molecular flexibility index (Phi) is 16.6. The number of halogens is 1. The highest BCUT2D eigenvalue weighted by molar-refractivity contribution is 6.74. The molecule has 0 bridgehead atoms. The topological polar surface area (TPSA) is 187 Å². The molecule has 3 saturated heterocycles. The largest absolute Gasteiger partial charge is 0.544 e. The molecule has 1 aromatic heterocycles. The predicted molar refractivity (Wildman–Crippen MR) is 281 cm³/mol. The maximum atomic E-state index is 13.6. The second-order valence-corrected chi connectivity index (χ2v) is 25.4. The van der Waals surface area contributed by atoms with Gasteiger partial charge in [-0.15, -0.1) is 12.4 Å². The normalized spacial score (nSPS) is 19.2. The number of carbonyl (C=O) groups excluding carboxylic acids is 3. The van der Waals surface area contributed by atoms with E-state index in [0.29, 0.717) is 38.5 Å². The number of morpholine rings is 2. The van der Waals surface area contributed by atoms with Crippen molar-refractivity contribution in [3.05, 3.63) is 90.1 Å². The molecule has 18 heteroatoms. The molecule has 0 saturated carbocycles. The average molecular weight is 1010 g/mol. The number of phenols is 1. The molecule has 71 heavy (non-hydrogen) atoms. The summed E-state index contributed by atoms with van der Waals surface area (Å²) in [5.74, 6) is 0.590. The minimum atomic E-state index is -1.98. The molecular formula is C53H68ClN7O9Si. The van der Waals surface area contributed by atoms with Gasteiger partial charge in [-0.2, -0.15) is 5.10 Å². The fraction of sp³-hybridized carbons (Fsp3) is 0.453. The van der Waals surface area contributed by atoms with Gasteiger partial charge in [-0.3, -0.25) is 14.6 Å². The summed E-state index contributed by atoms with van der Waals surface area (Å²) in [5.41, 5.74) is 7.47. The Labute approximate surface area is 423 Å². The lowest BCUT2D eigenvalue weighted by Crippen LogP contribution is -2.51. The summed E-state index contributed by atoms with van der Waals surface area (Å²) in [4.78, 5) is 44.7. The van der Waals surface area contributed by atoms with Crippen molar-refractivity contribution in [1.29, 1.82) is 0 Å². The lowest BCUT2D eigenvalue weighted by atomic mass is 9.98. The van der Waals surface area contributed by atoms with Crippen molar-refractivity contribution in [1.82, 2.24) is 20.0 Å². The van der Waals surface area contributed by atoms with Crippen molar-refractivity contribution in [3.8, 4) is 33.8 Å². The van der Waals surface area contributed by atoms with Crippen LogP contribution < -0.4 is 20.4 Å². The maximum absolute atomic E-state index is 13.6. The highest BCUT2D eigenvalue weighted by Crippen LogP contribution is 2.39. The van der Waals surface area contributed by atoms with Crippen LogP contribution in [0.15, 0.2) is 84.0 Å². The van der Waals surface area contributed by atoms with Gasteiger partial charge in [0, 0.05) is 43.4 Å². The van der Waals surface area contributed by atoms with Gasteiger partial charge in [0.05, 0.1) is 49.4 Å². The number of anilines is 2. The summed E-state index contributed by atoms with van der Waals surface area (Å²) in [5, 5.41) is 24.3. The molecule has 5 heterocycles. The highest BCUT2D eigenvalue weighted by Gasteiger charge is 2.39.